The Morgan fingerprint density at radius 2 is 1.85 bits per heavy atom. The van der Waals surface area contributed by atoms with E-state index >= 15 is 0 Å². The van der Waals surface area contributed by atoms with Gasteiger partial charge in [0.25, 0.3) is 5.91 Å². The summed E-state index contributed by atoms with van der Waals surface area (Å²) in [6.45, 7) is 1.98. The number of hydrogen-bond acceptors (Lipinski definition) is 6. The summed E-state index contributed by atoms with van der Waals surface area (Å²) in [5.41, 5.74) is 2.67. The highest BCUT2D eigenvalue weighted by Gasteiger charge is 2.34. The van der Waals surface area contributed by atoms with E-state index in [1.165, 1.54) is 11.8 Å². The first-order valence-corrected chi connectivity index (χ1v) is 9.88. The molecule has 1 atom stereocenters. The Kier molecular flexibility index (Phi) is 4.77. The second-order valence-electron chi connectivity index (χ2n) is 5.99. The highest BCUT2D eigenvalue weighted by molar-refractivity contribution is 7.98. The van der Waals surface area contributed by atoms with E-state index in [1.807, 2.05) is 55.6 Å². The first-order valence-electron chi connectivity index (χ1n) is 8.66. The van der Waals surface area contributed by atoms with Crippen LogP contribution in [-0.2, 0) is 0 Å². The van der Waals surface area contributed by atoms with Crippen molar-refractivity contribution in [3.8, 4) is 17.1 Å². The summed E-state index contributed by atoms with van der Waals surface area (Å²) >= 11 is 1.40. The van der Waals surface area contributed by atoms with E-state index in [0.29, 0.717) is 28.7 Å². The van der Waals surface area contributed by atoms with E-state index in [0.717, 1.165) is 11.3 Å². The van der Waals surface area contributed by atoms with Crippen LogP contribution in [0.5, 0.6) is 5.88 Å². The maximum absolute atomic E-state index is 13.3. The minimum atomic E-state index is -0.494. The van der Waals surface area contributed by atoms with Crippen molar-refractivity contribution in [1.82, 2.24) is 15.2 Å². The fourth-order valence-corrected chi connectivity index (χ4v) is 3.38. The van der Waals surface area contributed by atoms with Crippen molar-refractivity contribution in [3.63, 3.8) is 0 Å². The number of para-hydroxylation sites is 1. The van der Waals surface area contributed by atoms with Gasteiger partial charge in [-0.2, -0.15) is 4.98 Å². The van der Waals surface area contributed by atoms with E-state index in [4.69, 9.17) is 4.74 Å². The van der Waals surface area contributed by atoms with Crippen molar-refractivity contribution in [1.29, 1.82) is 0 Å². The summed E-state index contributed by atoms with van der Waals surface area (Å²) in [5, 5.41) is 9.01. The second kappa shape index (κ2) is 7.36. The van der Waals surface area contributed by atoms with Crippen molar-refractivity contribution in [2.24, 2.45) is 0 Å². The van der Waals surface area contributed by atoms with Gasteiger partial charge in [0, 0.05) is 17.5 Å². The number of anilines is 1. The van der Waals surface area contributed by atoms with E-state index in [2.05, 4.69) is 15.2 Å². The fraction of sp³-hybridized carbons (Fsp3) is 0.200. The second-order valence-corrected chi connectivity index (χ2v) is 6.76. The summed E-state index contributed by atoms with van der Waals surface area (Å²) in [6.07, 6.45) is 1.99. The van der Waals surface area contributed by atoms with Crippen LogP contribution >= 0.6 is 11.8 Å². The number of thioether (sulfide) groups is 1. The zero-order valence-electron chi connectivity index (χ0n) is 15.0. The fourth-order valence-electron chi connectivity index (χ4n) is 3.08. The van der Waals surface area contributed by atoms with Crippen molar-refractivity contribution in [3.05, 3.63) is 60.2 Å². The molecule has 0 spiro atoms. The lowest BCUT2D eigenvalue weighted by Crippen LogP contribution is -2.43. The molecule has 0 saturated heterocycles. The molecule has 7 heteroatoms. The molecule has 136 valence electrons. The number of aromatic nitrogens is 3. The quantitative estimate of drug-likeness (QED) is 0.641. The first-order chi connectivity index (χ1) is 13.2. The molecule has 0 N–H and O–H groups in total. The summed E-state index contributed by atoms with van der Waals surface area (Å²) in [7, 11) is 0. The van der Waals surface area contributed by atoms with Crippen LogP contribution < -0.4 is 9.64 Å². The highest BCUT2D eigenvalue weighted by Crippen LogP contribution is 2.40. The average Bonchev–Trinajstić information content (AvgIpc) is 2.87. The molecule has 1 aliphatic heterocycles. The van der Waals surface area contributed by atoms with Crippen LogP contribution in [0.2, 0.25) is 0 Å². The minimum absolute atomic E-state index is 0.124. The van der Waals surface area contributed by atoms with Crippen molar-refractivity contribution in [2.45, 2.75) is 24.7 Å². The number of carbonyl (C=O) groups excluding carboxylic acids is 1. The van der Waals surface area contributed by atoms with E-state index in [9.17, 15) is 4.79 Å². The highest BCUT2D eigenvalue weighted by atomic mass is 32.2. The van der Waals surface area contributed by atoms with Gasteiger partial charge in [-0.3, -0.25) is 9.69 Å². The molecule has 0 unspecified atom stereocenters. The standard InChI is InChI=1S/C20H18N4O2S/c1-3-16-24(19(25)13-9-5-4-6-10-13)15-12-8-7-11-14(15)17-18(26-16)21-20(27-2)23-22-17/h4-12,16H,3H2,1-2H3/t16-/m0/s1. The SMILES string of the molecule is CC[C@@H]1Oc2nc(SC)nnc2-c2ccccc2N1C(=O)c1ccccc1. The van der Waals surface area contributed by atoms with Gasteiger partial charge in [0.05, 0.1) is 5.69 Å². The number of nitrogens with zero attached hydrogens (tertiary/aromatic N) is 4. The molecule has 2 heterocycles. The molecule has 2 aromatic carbocycles. The molecule has 1 amide bonds. The summed E-state index contributed by atoms with van der Waals surface area (Å²) in [5.74, 6) is 0.276. The van der Waals surface area contributed by atoms with Gasteiger partial charge in [0.15, 0.2) is 11.9 Å². The Labute approximate surface area is 161 Å². The number of fused-ring (bicyclic) bond motifs is 3. The van der Waals surface area contributed by atoms with Gasteiger partial charge in [-0.15, -0.1) is 10.2 Å². The Hall–Kier alpha value is -2.93. The molecule has 0 aliphatic carbocycles. The van der Waals surface area contributed by atoms with Crippen LogP contribution in [0.4, 0.5) is 5.69 Å². The largest absolute Gasteiger partial charge is 0.451 e. The van der Waals surface area contributed by atoms with Crippen LogP contribution in [0, 0.1) is 0 Å². The molecule has 1 aromatic heterocycles. The molecule has 0 bridgehead atoms. The third kappa shape index (κ3) is 3.14. The van der Waals surface area contributed by atoms with Gasteiger partial charge < -0.3 is 4.74 Å². The number of carbonyl (C=O) groups is 1. The van der Waals surface area contributed by atoms with Crippen LogP contribution in [0.1, 0.15) is 23.7 Å². The van der Waals surface area contributed by atoms with Crippen molar-refractivity contribution >= 4 is 23.4 Å². The molecule has 0 fully saturated rings. The molecule has 4 rings (SSSR count). The summed E-state index contributed by atoms with van der Waals surface area (Å²) < 4.78 is 6.16. The van der Waals surface area contributed by atoms with E-state index < -0.39 is 6.23 Å². The van der Waals surface area contributed by atoms with E-state index in [-0.39, 0.29) is 5.91 Å². The zero-order chi connectivity index (χ0) is 18.8. The minimum Gasteiger partial charge on any atom is -0.451 e. The van der Waals surface area contributed by atoms with Crippen LogP contribution in [-0.4, -0.2) is 33.6 Å². The Bertz CT molecular complexity index is 981. The van der Waals surface area contributed by atoms with Crippen molar-refractivity contribution in [2.75, 3.05) is 11.2 Å². The van der Waals surface area contributed by atoms with E-state index in [1.54, 1.807) is 17.0 Å². The summed E-state index contributed by atoms with van der Waals surface area (Å²) in [4.78, 5) is 19.5. The Balaban J connectivity index is 1.90. The lowest BCUT2D eigenvalue weighted by Gasteiger charge is -2.29. The molecule has 27 heavy (non-hydrogen) atoms. The van der Waals surface area contributed by atoms with Gasteiger partial charge in [-0.05, 0) is 24.5 Å². The van der Waals surface area contributed by atoms with Gasteiger partial charge >= 0.3 is 0 Å². The average molecular weight is 378 g/mol. The van der Waals surface area contributed by atoms with Gasteiger partial charge in [0.1, 0.15) is 0 Å². The number of benzene rings is 2. The monoisotopic (exact) mass is 378 g/mol. The maximum Gasteiger partial charge on any atom is 0.261 e. The van der Waals surface area contributed by atoms with Gasteiger partial charge in [-0.25, -0.2) is 0 Å². The Morgan fingerprint density at radius 3 is 2.59 bits per heavy atom. The summed E-state index contributed by atoms with van der Waals surface area (Å²) in [6, 6.07) is 16.8. The number of ether oxygens (including phenoxy) is 1. The smallest absolute Gasteiger partial charge is 0.261 e. The molecule has 3 aromatic rings. The predicted octanol–water partition coefficient (Wildman–Crippen LogP) is 4.04. The first kappa shape index (κ1) is 17.5. The normalized spacial score (nSPS) is 15.3. The lowest BCUT2D eigenvalue weighted by atomic mass is 10.1. The molecule has 0 saturated carbocycles. The van der Waals surface area contributed by atoms with Gasteiger partial charge in [-0.1, -0.05) is 55.1 Å². The number of amides is 1. The Morgan fingerprint density at radius 1 is 1.11 bits per heavy atom. The van der Waals surface area contributed by atoms with Crippen LogP contribution in [0.3, 0.4) is 0 Å². The molecular weight excluding hydrogens is 360 g/mol. The molecule has 6 nitrogen and oxygen atoms in total. The molecule has 1 aliphatic rings. The number of rotatable bonds is 3. The topological polar surface area (TPSA) is 68.2 Å². The molecular formula is C20H18N4O2S. The molecule has 0 radical (unpaired) electrons. The maximum atomic E-state index is 13.3. The number of hydrogen-bond donors (Lipinski definition) is 0. The third-order valence-electron chi connectivity index (χ3n) is 4.36. The van der Waals surface area contributed by atoms with Crippen LogP contribution in [0.25, 0.3) is 11.3 Å². The van der Waals surface area contributed by atoms with Crippen molar-refractivity contribution < 1.29 is 9.53 Å². The third-order valence-corrected chi connectivity index (χ3v) is 4.90. The van der Waals surface area contributed by atoms with Crippen LogP contribution in [0.15, 0.2) is 59.8 Å². The predicted molar refractivity (Wildman–Crippen MR) is 105 cm³/mol. The van der Waals surface area contributed by atoms with Gasteiger partial charge in [0.2, 0.25) is 11.0 Å². The zero-order valence-corrected chi connectivity index (χ0v) is 15.8. The lowest BCUT2D eigenvalue weighted by molar-refractivity contribution is 0.0906.